The van der Waals surface area contributed by atoms with Crippen LogP contribution >= 0.6 is 22.7 Å². The van der Waals surface area contributed by atoms with E-state index in [1.54, 1.807) is 22.7 Å². The van der Waals surface area contributed by atoms with Gasteiger partial charge in [-0.3, -0.25) is 9.59 Å². The van der Waals surface area contributed by atoms with Crippen LogP contribution in [0.4, 0.5) is 0 Å². The molecule has 0 saturated carbocycles. The third kappa shape index (κ3) is 23.4. The van der Waals surface area contributed by atoms with Crippen molar-refractivity contribution in [1.29, 1.82) is 0 Å². The molecule has 0 spiro atoms. The summed E-state index contributed by atoms with van der Waals surface area (Å²) in [6.45, 7) is 14.9. The predicted octanol–water partition coefficient (Wildman–Crippen LogP) is 21.9. The number of unbranched alkanes of at least 4 members (excludes halogenated alkanes) is 32. The summed E-state index contributed by atoms with van der Waals surface area (Å²) >= 11 is 3.44. The molecule has 2 aromatic heterocycles. The smallest absolute Gasteiger partial charge is 0.262 e. The topological polar surface area (TPSA) is 40.6 Å². The van der Waals surface area contributed by atoms with Crippen LogP contribution in [0.2, 0.25) is 0 Å². The first kappa shape index (κ1) is 62.4. The Hall–Kier alpha value is -2.18. The van der Waals surface area contributed by atoms with Gasteiger partial charge in [0.1, 0.15) is 0 Å². The molecule has 2 unspecified atom stereocenters. The van der Waals surface area contributed by atoms with Crippen LogP contribution in [-0.2, 0) is 9.59 Å². The van der Waals surface area contributed by atoms with Crippen LogP contribution in [0.3, 0.4) is 0 Å². The zero-order valence-electron chi connectivity index (χ0n) is 48.1. The molecule has 72 heavy (non-hydrogen) atoms. The van der Waals surface area contributed by atoms with Crippen molar-refractivity contribution in [2.75, 3.05) is 13.1 Å². The molecule has 2 amide bonds. The van der Waals surface area contributed by atoms with E-state index in [0.717, 1.165) is 45.1 Å². The largest absolute Gasteiger partial charge is 0.305 e. The summed E-state index contributed by atoms with van der Waals surface area (Å²) in [6, 6.07) is 8.64. The van der Waals surface area contributed by atoms with Gasteiger partial charge in [0.25, 0.3) is 11.8 Å². The summed E-state index contributed by atoms with van der Waals surface area (Å²) in [6.07, 6.45) is 55.9. The number of hydrogen-bond acceptors (Lipinski definition) is 4. The van der Waals surface area contributed by atoms with Crippen LogP contribution in [0.25, 0.3) is 11.1 Å². The van der Waals surface area contributed by atoms with E-state index >= 15 is 9.59 Å². The number of amides is 2. The Balaban J connectivity index is 1.51. The Morgan fingerprint density at radius 3 is 0.792 bits per heavy atom. The standard InChI is InChI=1S/C66H112N2O2S2/c1-7-11-15-19-23-27-29-33-37-41-45-57(43-39-35-31-25-21-17-13-9-3)51-53-67-63-61(59-49-47-55(5)71-59)66(70)68(64(63)62(65(67)69)60-50-48-56(6)72-60)54-52-58(44-40-36-32-26-22-18-14-10-4)46-42-38-34-30-28-24-20-16-12-8-2/h47-50,57-58H,7-46,51-54H2,1-6H3. The number of rotatable bonds is 48. The number of hydrogen-bond donors (Lipinski definition) is 0. The molecule has 6 heteroatoms. The molecule has 0 aromatic carbocycles. The second-order valence-corrected chi connectivity index (χ2v) is 25.5. The van der Waals surface area contributed by atoms with Gasteiger partial charge in [-0.2, -0.15) is 0 Å². The van der Waals surface area contributed by atoms with Gasteiger partial charge < -0.3 is 9.80 Å². The van der Waals surface area contributed by atoms with E-state index in [0.29, 0.717) is 24.9 Å². The normalized spacial score (nSPS) is 14.8. The molecular weight excluding hydrogens is 917 g/mol. The van der Waals surface area contributed by atoms with Crippen LogP contribution in [0, 0.1) is 25.7 Å². The highest BCUT2D eigenvalue weighted by Crippen LogP contribution is 2.49. The fraction of sp³-hybridized carbons (Fsp3) is 0.788. The molecule has 4 nitrogen and oxygen atoms in total. The van der Waals surface area contributed by atoms with E-state index < -0.39 is 0 Å². The van der Waals surface area contributed by atoms with E-state index in [-0.39, 0.29) is 11.8 Å². The molecule has 2 aliphatic heterocycles. The number of carbonyl (C=O) groups excluding carboxylic acids is 2. The Morgan fingerprint density at radius 2 is 0.569 bits per heavy atom. The number of fused-ring (bicyclic) bond motifs is 1. The van der Waals surface area contributed by atoms with Crippen molar-refractivity contribution in [2.24, 2.45) is 11.8 Å². The lowest BCUT2D eigenvalue weighted by Gasteiger charge is -2.24. The lowest BCUT2D eigenvalue weighted by molar-refractivity contribution is -0.122. The molecule has 2 aliphatic rings. The lowest BCUT2D eigenvalue weighted by Crippen LogP contribution is -2.29. The number of thiophene rings is 2. The van der Waals surface area contributed by atoms with E-state index in [2.05, 4.69) is 75.6 Å². The summed E-state index contributed by atoms with van der Waals surface area (Å²) in [4.78, 5) is 39.2. The summed E-state index contributed by atoms with van der Waals surface area (Å²) in [7, 11) is 0. The third-order valence-corrected chi connectivity index (χ3v) is 18.6. The monoisotopic (exact) mass is 1030 g/mol. The predicted molar refractivity (Wildman–Crippen MR) is 319 cm³/mol. The van der Waals surface area contributed by atoms with Gasteiger partial charge in [0, 0.05) is 32.6 Å². The minimum Gasteiger partial charge on any atom is -0.305 e. The number of carbonyl (C=O) groups is 2. The van der Waals surface area contributed by atoms with Crippen molar-refractivity contribution in [3.8, 4) is 0 Å². The lowest BCUT2D eigenvalue weighted by atomic mass is 9.91. The van der Waals surface area contributed by atoms with E-state index in [9.17, 15) is 0 Å². The Bertz CT molecular complexity index is 1660. The maximum absolute atomic E-state index is 15.3. The summed E-state index contributed by atoms with van der Waals surface area (Å²) in [5, 5.41) is 0. The van der Waals surface area contributed by atoms with Gasteiger partial charge >= 0.3 is 0 Å². The maximum Gasteiger partial charge on any atom is 0.262 e. The molecule has 4 heterocycles. The fourth-order valence-corrected chi connectivity index (χ4v) is 13.7. The van der Waals surface area contributed by atoms with Crippen molar-refractivity contribution in [3.63, 3.8) is 0 Å². The Labute approximate surface area is 453 Å². The molecule has 2 atom stereocenters. The van der Waals surface area contributed by atoms with Gasteiger partial charge in [-0.25, -0.2) is 0 Å². The second kappa shape index (κ2) is 39.2. The average Bonchev–Trinajstić information content (AvgIpc) is 4.14. The summed E-state index contributed by atoms with van der Waals surface area (Å²) in [5.41, 5.74) is 3.41. The SMILES string of the molecule is CCCCCCCCCCCCC(CCCCCCCCCC)CCN1C(=O)C(c2ccc(C)s2)=C2C1=C(c1ccc(C)s1)C(=O)N2CCC(CCCCCCCCCC)CCCCCCCCCCCC. The highest BCUT2D eigenvalue weighted by atomic mass is 32.1. The minimum atomic E-state index is 0.121. The van der Waals surface area contributed by atoms with Crippen LogP contribution in [0.5, 0.6) is 0 Å². The highest BCUT2D eigenvalue weighted by Gasteiger charge is 2.49. The van der Waals surface area contributed by atoms with Gasteiger partial charge in [-0.15, -0.1) is 22.7 Å². The van der Waals surface area contributed by atoms with Crippen molar-refractivity contribution in [1.82, 2.24) is 9.80 Å². The molecule has 410 valence electrons. The molecule has 4 rings (SSSR count). The minimum absolute atomic E-state index is 0.121. The zero-order valence-corrected chi connectivity index (χ0v) is 49.7. The quantitative estimate of drug-likeness (QED) is 0.0620. The average molecular weight is 1030 g/mol. The van der Waals surface area contributed by atoms with Gasteiger partial charge in [0.2, 0.25) is 0 Å². The van der Waals surface area contributed by atoms with Crippen LogP contribution in [-0.4, -0.2) is 34.7 Å². The first-order chi connectivity index (χ1) is 35.3. The first-order valence-corrected chi connectivity index (χ1v) is 33.2. The molecule has 0 fully saturated rings. The Kier molecular flexibility index (Phi) is 34.0. The zero-order chi connectivity index (χ0) is 51.4. The van der Waals surface area contributed by atoms with E-state index in [1.165, 1.54) is 267 Å². The van der Waals surface area contributed by atoms with E-state index in [4.69, 9.17) is 0 Å². The van der Waals surface area contributed by atoms with Crippen molar-refractivity contribution >= 4 is 45.6 Å². The number of aryl methyl sites for hydroxylation is 2. The number of nitrogens with zero attached hydrogens (tertiary/aromatic N) is 2. The molecule has 0 radical (unpaired) electrons. The van der Waals surface area contributed by atoms with Gasteiger partial charge in [0.15, 0.2) is 0 Å². The van der Waals surface area contributed by atoms with Gasteiger partial charge in [-0.05, 0) is 62.8 Å². The molecule has 0 aliphatic carbocycles. The fourth-order valence-electron chi connectivity index (χ4n) is 11.9. The molecular formula is C66H112N2O2S2. The third-order valence-electron chi connectivity index (χ3n) is 16.5. The molecule has 2 aromatic rings. The molecule has 0 bridgehead atoms. The summed E-state index contributed by atoms with van der Waals surface area (Å²) < 4.78 is 0. The second-order valence-electron chi connectivity index (χ2n) is 23.0. The first-order valence-electron chi connectivity index (χ1n) is 31.6. The van der Waals surface area contributed by atoms with E-state index in [1.807, 2.05) is 0 Å². The van der Waals surface area contributed by atoms with Crippen LogP contribution < -0.4 is 0 Å². The molecule has 0 N–H and O–H groups in total. The maximum atomic E-state index is 15.3. The Morgan fingerprint density at radius 1 is 0.333 bits per heavy atom. The van der Waals surface area contributed by atoms with Crippen LogP contribution in [0.15, 0.2) is 35.7 Å². The van der Waals surface area contributed by atoms with Crippen LogP contribution in [0.1, 0.15) is 317 Å². The summed E-state index contributed by atoms with van der Waals surface area (Å²) in [5.74, 6) is 1.45. The highest BCUT2D eigenvalue weighted by molar-refractivity contribution is 7.14. The van der Waals surface area contributed by atoms with Gasteiger partial charge in [-0.1, -0.05) is 285 Å². The van der Waals surface area contributed by atoms with Crippen molar-refractivity contribution in [2.45, 2.75) is 311 Å². The van der Waals surface area contributed by atoms with Crippen molar-refractivity contribution in [3.05, 3.63) is 55.2 Å². The van der Waals surface area contributed by atoms with Gasteiger partial charge in [0.05, 0.1) is 22.5 Å². The van der Waals surface area contributed by atoms with Crippen molar-refractivity contribution < 1.29 is 9.59 Å². The molecule has 0 saturated heterocycles.